The minimum Gasteiger partial charge on any atom is -0.490 e. The van der Waals surface area contributed by atoms with E-state index >= 15 is 0 Å². The molecule has 17 heavy (non-hydrogen) atoms. The lowest BCUT2D eigenvalue weighted by molar-refractivity contribution is 0.182. The molecular formula is C14H21NO2. The van der Waals surface area contributed by atoms with Gasteiger partial charge in [0.15, 0.2) is 0 Å². The van der Waals surface area contributed by atoms with E-state index < -0.39 is 0 Å². The predicted octanol–water partition coefficient (Wildman–Crippen LogP) is 2.35. The lowest BCUT2D eigenvalue weighted by atomic mass is 10.2. The zero-order chi connectivity index (χ0) is 12.1. The van der Waals surface area contributed by atoms with Crippen molar-refractivity contribution in [2.75, 3.05) is 14.2 Å². The molecule has 0 aromatic heterocycles. The van der Waals surface area contributed by atoms with E-state index in [-0.39, 0.29) is 0 Å². The highest BCUT2D eigenvalue weighted by molar-refractivity contribution is 5.28. The molecule has 1 fully saturated rings. The van der Waals surface area contributed by atoms with Gasteiger partial charge in [0.05, 0.1) is 6.61 Å². The monoisotopic (exact) mass is 235 g/mol. The SMILES string of the molecule is CNC1CCC(Oc2cccc(COC)c2)C1. The van der Waals surface area contributed by atoms with Crippen LogP contribution < -0.4 is 10.1 Å². The zero-order valence-electron chi connectivity index (χ0n) is 10.6. The van der Waals surface area contributed by atoms with Gasteiger partial charge in [0.2, 0.25) is 0 Å². The van der Waals surface area contributed by atoms with Gasteiger partial charge in [-0.1, -0.05) is 12.1 Å². The number of nitrogens with one attached hydrogen (secondary N) is 1. The van der Waals surface area contributed by atoms with E-state index in [4.69, 9.17) is 9.47 Å². The summed E-state index contributed by atoms with van der Waals surface area (Å²) in [6.07, 6.45) is 3.80. The lowest BCUT2D eigenvalue weighted by Gasteiger charge is -2.14. The van der Waals surface area contributed by atoms with Gasteiger partial charge < -0.3 is 14.8 Å². The van der Waals surface area contributed by atoms with Crippen LogP contribution in [0.2, 0.25) is 0 Å². The van der Waals surface area contributed by atoms with Gasteiger partial charge in [0.25, 0.3) is 0 Å². The molecule has 1 aliphatic carbocycles. The maximum Gasteiger partial charge on any atom is 0.120 e. The summed E-state index contributed by atoms with van der Waals surface area (Å²) in [5.74, 6) is 0.960. The number of hydrogen-bond donors (Lipinski definition) is 1. The second-order valence-electron chi connectivity index (χ2n) is 4.62. The van der Waals surface area contributed by atoms with Gasteiger partial charge in [-0.25, -0.2) is 0 Å². The average Bonchev–Trinajstić information content (AvgIpc) is 2.78. The summed E-state index contributed by atoms with van der Waals surface area (Å²) < 4.78 is 11.1. The molecule has 0 saturated heterocycles. The third-order valence-electron chi connectivity index (χ3n) is 3.30. The van der Waals surface area contributed by atoms with Crippen LogP contribution in [0.5, 0.6) is 5.75 Å². The summed E-state index contributed by atoms with van der Waals surface area (Å²) >= 11 is 0. The van der Waals surface area contributed by atoms with E-state index in [0.29, 0.717) is 18.8 Å². The fraction of sp³-hybridized carbons (Fsp3) is 0.571. The Morgan fingerprint density at radius 3 is 2.94 bits per heavy atom. The lowest BCUT2D eigenvalue weighted by Crippen LogP contribution is -2.23. The highest BCUT2D eigenvalue weighted by Crippen LogP contribution is 2.25. The molecule has 0 amide bonds. The Hall–Kier alpha value is -1.06. The maximum atomic E-state index is 6.00. The van der Waals surface area contributed by atoms with Crippen molar-refractivity contribution in [2.24, 2.45) is 0 Å². The minimum atomic E-state index is 0.352. The number of ether oxygens (including phenoxy) is 2. The first-order valence-corrected chi connectivity index (χ1v) is 6.23. The number of benzene rings is 1. The zero-order valence-corrected chi connectivity index (χ0v) is 10.6. The summed E-state index contributed by atoms with van der Waals surface area (Å²) in [5, 5.41) is 3.31. The topological polar surface area (TPSA) is 30.5 Å². The van der Waals surface area contributed by atoms with Crippen molar-refractivity contribution in [3.63, 3.8) is 0 Å². The van der Waals surface area contributed by atoms with Gasteiger partial charge in [0.1, 0.15) is 11.9 Å². The van der Waals surface area contributed by atoms with Crippen molar-refractivity contribution in [1.29, 1.82) is 0 Å². The Morgan fingerprint density at radius 2 is 2.24 bits per heavy atom. The smallest absolute Gasteiger partial charge is 0.120 e. The Labute approximate surface area is 103 Å². The normalized spacial score (nSPS) is 23.9. The molecule has 1 aromatic carbocycles. The highest BCUT2D eigenvalue weighted by atomic mass is 16.5. The molecule has 3 heteroatoms. The first-order valence-electron chi connectivity index (χ1n) is 6.23. The molecule has 0 radical (unpaired) electrons. The highest BCUT2D eigenvalue weighted by Gasteiger charge is 2.24. The number of methoxy groups -OCH3 is 1. The van der Waals surface area contributed by atoms with E-state index in [9.17, 15) is 0 Å². The van der Waals surface area contributed by atoms with Crippen LogP contribution in [0.15, 0.2) is 24.3 Å². The molecule has 0 bridgehead atoms. The van der Waals surface area contributed by atoms with Gasteiger partial charge in [-0.15, -0.1) is 0 Å². The first kappa shape index (κ1) is 12.4. The number of rotatable bonds is 5. The van der Waals surface area contributed by atoms with Gasteiger partial charge in [-0.05, 0) is 44.0 Å². The molecule has 1 aliphatic rings. The molecule has 0 aliphatic heterocycles. The summed E-state index contributed by atoms with van der Waals surface area (Å²) in [6.45, 7) is 0.640. The van der Waals surface area contributed by atoms with Crippen LogP contribution in [0.3, 0.4) is 0 Å². The van der Waals surface area contributed by atoms with Crippen molar-refractivity contribution in [1.82, 2.24) is 5.32 Å². The molecule has 94 valence electrons. The molecule has 0 spiro atoms. The second kappa shape index (κ2) is 6.03. The number of hydrogen-bond acceptors (Lipinski definition) is 3. The summed E-state index contributed by atoms with van der Waals surface area (Å²) in [4.78, 5) is 0. The van der Waals surface area contributed by atoms with Crippen LogP contribution in [0.25, 0.3) is 0 Å². The van der Waals surface area contributed by atoms with Crippen molar-refractivity contribution in [2.45, 2.75) is 38.0 Å². The van der Waals surface area contributed by atoms with Crippen LogP contribution in [-0.2, 0) is 11.3 Å². The van der Waals surface area contributed by atoms with Crippen LogP contribution in [0.1, 0.15) is 24.8 Å². The van der Waals surface area contributed by atoms with Crippen molar-refractivity contribution < 1.29 is 9.47 Å². The molecule has 1 N–H and O–H groups in total. The van der Waals surface area contributed by atoms with E-state index in [1.807, 2.05) is 19.2 Å². The van der Waals surface area contributed by atoms with E-state index in [2.05, 4.69) is 17.4 Å². The molecule has 0 heterocycles. The summed E-state index contributed by atoms with van der Waals surface area (Å²) in [6, 6.07) is 8.78. The molecule has 3 nitrogen and oxygen atoms in total. The van der Waals surface area contributed by atoms with Crippen LogP contribution >= 0.6 is 0 Å². The van der Waals surface area contributed by atoms with Crippen LogP contribution in [0.4, 0.5) is 0 Å². The van der Waals surface area contributed by atoms with E-state index in [1.54, 1.807) is 7.11 Å². The van der Waals surface area contributed by atoms with Crippen molar-refractivity contribution in [3.8, 4) is 5.75 Å². The van der Waals surface area contributed by atoms with Crippen LogP contribution in [0, 0.1) is 0 Å². The van der Waals surface area contributed by atoms with Gasteiger partial charge >= 0.3 is 0 Å². The molecule has 2 atom stereocenters. The Morgan fingerprint density at radius 1 is 1.35 bits per heavy atom. The quantitative estimate of drug-likeness (QED) is 0.850. The molecule has 1 aromatic rings. The van der Waals surface area contributed by atoms with Gasteiger partial charge in [-0.3, -0.25) is 0 Å². The third-order valence-corrected chi connectivity index (χ3v) is 3.30. The van der Waals surface area contributed by atoms with Crippen LogP contribution in [-0.4, -0.2) is 26.3 Å². The van der Waals surface area contributed by atoms with Crippen molar-refractivity contribution in [3.05, 3.63) is 29.8 Å². The fourth-order valence-corrected chi connectivity index (χ4v) is 2.38. The molecular weight excluding hydrogens is 214 g/mol. The summed E-state index contributed by atoms with van der Waals surface area (Å²) in [5.41, 5.74) is 1.16. The van der Waals surface area contributed by atoms with E-state index in [0.717, 1.165) is 24.2 Å². The fourth-order valence-electron chi connectivity index (χ4n) is 2.38. The summed E-state index contributed by atoms with van der Waals surface area (Å²) in [7, 11) is 3.73. The van der Waals surface area contributed by atoms with E-state index in [1.165, 1.54) is 6.42 Å². The largest absolute Gasteiger partial charge is 0.490 e. The first-order chi connectivity index (χ1) is 8.31. The Balaban J connectivity index is 1.92. The second-order valence-corrected chi connectivity index (χ2v) is 4.62. The maximum absolute atomic E-state index is 6.00. The molecule has 2 rings (SSSR count). The third kappa shape index (κ3) is 3.45. The Kier molecular flexibility index (Phi) is 4.40. The predicted molar refractivity (Wildman–Crippen MR) is 68.3 cm³/mol. The van der Waals surface area contributed by atoms with Gasteiger partial charge in [-0.2, -0.15) is 0 Å². The molecule has 1 saturated carbocycles. The van der Waals surface area contributed by atoms with Crippen molar-refractivity contribution >= 4 is 0 Å². The standard InChI is InChI=1S/C14H21NO2/c1-15-12-6-7-14(9-12)17-13-5-3-4-11(8-13)10-16-2/h3-5,8,12,14-15H,6-7,9-10H2,1-2H3. The minimum absolute atomic E-state index is 0.352. The average molecular weight is 235 g/mol. The van der Waals surface area contributed by atoms with Gasteiger partial charge in [0, 0.05) is 13.2 Å². The molecule has 2 unspecified atom stereocenters. The Bertz CT molecular complexity index is 354.